The van der Waals surface area contributed by atoms with Gasteiger partial charge in [0.1, 0.15) is 16.0 Å². The van der Waals surface area contributed by atoms with Gasteiger partial charge in [0.05, 0.1) is 0 Å². The molecule has 0 spiro atoms. The fourth-order valence-corrected chi connectivity index (χ4v) is 3.87. The lowest BCUT2D eigenvalue weighted by atomic mass is 10.1. The summed E-state index contributed by atoms with van der Waals surface area (Å²) < 4.78 is 2.05. The third-order valence-corrected chi connectivity index (χ3v) is 5.34. The Morgan fingerprint density at radius 1 is 1.27 bits per heavy atom. The Morgan fingerprint density at radius 2 is 2.08 bits per heavy atom. The summed E-state index contributed by atoms with van der Waals surface area (Å²) in [4.78, 5) is 8.99. The van der Waals surface area contributed by atoms with Gasteiger partial charge in [-0.05, 0) is 37.1 Å². The van der Waals surface area contributed by atoms with Crippen molar-refractivity contribution in [3.05, 3.63) is 59.5 Å². The fraction of sp³-hybridized carbons (Fsp3) is 0.263. The SMILES string of the molecule is C=CCn1c(Sc2cc(Cl)nc(C3CC3)n2)nnc1-c1ccccc1C. The maximum absolute atomic E-state index is 6.19. The van der Waals surface area contributed by atoms with E-state index in [0.29, 0.717) is 17.6 Å². The van der Waals surface area contributed by atoms with E-state index < -0.39 is 0 Å². The summed E-state index contributed by atoms with van der Waals surface area (Å²) in [7, 11) is 0. The molecule has 2 aromatic heterocycles. The number of hydrogen-bond acceptors (Lipinski definition) is 5. The van der Waals surface area contributed by atoms with Crippen molar-refractivity contribution in [2.45, 2.75) is 42.4 Å². The van der Waals surface area contributed by atoms with Gasteiger partial charge in [0.25, 0.3) is 0 Å². The minimum atomic E-state index is 0.446. The van der Waals surface area contributed by atoms with Crippen molar-refractivity contribution in [1.29, 1.82) is 0 Å². The number of aryl methyl sites for hydroxylation is 1. The number of allylic oxidation sites excluding steroid dienone is 1. The van der Waals surface area contributed by atoms with E-state index >= 15 is 0 Å². The van der Waals surface area contributed by atoms with Crippen LogP contribution in [-0.2, 0) is 6.54 Å². The molecule has 0 radical (unpaired) electrons. The van der Waals surface area contributed by atoms with Crippen LogP contribution in [0.3, 0.4) is 0 Å². The monoisotopic (exact) mass is 383 g/mol. The molecule has 0 unspecified atom stereocenters. The van der Waals surface area contributed by atoms with Crippen LogP contribution in [0.15, 0.2) is 53.2 Å². The van der Waals surface area contributed by atoms with Gasteiger partial charge >= 0.3 is 0 Å². The lowest BCUT2D eigenvalue weighted by Crippen LogP contribution is -2.02. The van der Waals surface area contributed by atoms with Crippen LogP contribution in [0.1, 0.15) is 30.1 Å². The summed E-state index contributed by atoms with van der Waals surface area (Å²) >= 11 is 7.64. The number of rotatable bonds is 6. The topological polar surface area (TPSA) is 56.5 Å². The third kappa shape index (κ3) is 3.52. The van der Waals surface area contributed by atoms with Crippen LogP contribution in [0.5, 0.6) is 0 Å². The maximum atomic E-state index is 6.19. The number of hydrogen-bond donors (Lipinski definition) is 0. The molecule has 132 valence electrons. The van der Waals surface area contributed by atoms with Crippen LogP contribution in [0.2, 0.25) is 5.15 Å². The van der Waals surface area contributed by atoms with Gasteiger partial charge in [-0.3, -0.25) is 4.57 Å². The molecule has 0 aliphatic heterocycles. The molecule has 1 aliphatic rings. The first-order chi connectivity index (χ1) is 12.7. The normalized spacial score (nSPS) is 13.8. The minimum Gasteiger partial charge on any atom is -0.298 e. The average Bonchev–Trinajstić information content (AvgIpc) is 3.40. The Bertz CT molecular complexity index is 964. The number of aromatic nitrogens is 5. The number of halogens is 1. The summed E-state index contributed by atoms with van der Waals surface area (Å²) in [6, 6.07) is 9.93. The van der Waals surface area contributed by atoms with E-state index in [4.69, 9.17) is 11.6 Å². The van der Waals surface area contributed by atoms with Crippen LogP contribution >= 0.6 is 23.4 Å². The van der Waals surface area contributed by atoms with Crippen LogP contribution in [-0.4, -0.2) is 24.7 Å². The maximum Gasteiger partial charge on any atom is 0.198 e. The molecule has 5 nitrogen and oxygen atoms in total. The van der Waals surface area contributed by atoms with E-state index in [9.17, 15) is 0 Å². The Morgan fingerprint density at radius 3 is 2.81 bits per heavy atom. The summed E-state index contributed by atoms with van der Waals surface area (Å²) in [5.74, 6) is 2.10. The average molecular weight is 384 g/mol. The quantitative estimate of drug-likeness (QED) is 0.447. The van der Waals surface area contributed by atoms with E-state index in [1.54, 1.807) is 6.07 Å². The Labute approximate surface area is 161 Å². The molecule has 1 fully saturated rings. The van der Waals surface area contributed by atoms with Crippen molar-refractivity contribution in [1.82, 2.24) is 24.7 Å². The van der Waals surface area contributed by atoms with Crippen molar-refractivity contribution in [3.63, 3.8) is 0 Å². The highest BCUT2D eigenvalue weighted by atomic mass is 35.5. The highest BCUT2D eigenvalue weighted by Gasteiger charge is 2.27. The standard InChI is InChI=1S/C19H18ClN5S/c1-3-10-25-18(14-7-5-4-6-12(14)2)23-24-19(25)26-16-11-15(20)21-17(22-16)13-8-9-13/h3-7,11,13H,1,8-10H2,2H3. The van der Waals surface area contributed by atoms with Crippen LogP contribution < -0.4 is 0 Å². The van der Waals surface area contributed by atoms with Gasteiger partial charge in [-0.2, -0.15) is 0 Å². The van der Waals surface area contributed by atoms with Crippen LogP contribution in [0.25, 0.3) is 11.4 Å². The molecule has 0 N–H and O–H groups in total. The summed E-state index contributed by atoms with van der Waals surface area (Å²) in [6.45, 7) is 6.56. The summed E-state index contributed by atoms with van der Waals surface area (Å²) in [5.41, 5.74) is 2.22. The molecule has 0 amide bonds. The zero-order valence-electron chi connectivity index (χ0n) is 14.4. The molecule has 1 saturated carbocycles. The molecule has 0 saturated heterocycles. The predicted molar refractivity (Wildman–Crippen MR) is 104 cm³/mol. The largest absolute Gasteiger partial charge is 0.298 e. The van der Waals surface area contributed by atoms with E-state index in [0.717, 1.165) is 45.8 Å². The Kier molecular flexibility index (Phi) is 4.78. The summed E-state index contributed by atoms with van der Waals surface area (Å²) in [5, 5.41) is 10.8. The van der Waals surface area contributed by atoms with E-state index in [1.165, 1.54) is 11.8 Å². The van der Waals surface area contributed by atoms with Crippen molar-refractivity contribution < 1.29 is 0 Å². The molecule has 3 aromatic rings. The minimum absolute atomic E-state index is 0.446. The van der Waals surface area contributed by atoms with Crippen molar-refractivity contribution in [2.75, 3.05) is 0 Å². The van der Waals surface area contributed by atoms with E-state index in [-0.39, 0.29) is 0 Å². The lowest BCUT2D eigenvalue weighted by molar-refractivity contribution is 0.729. The third-order valence-electron chi connectivity index (χ3n) is 4.24. The molecule has 1 aliphatic carbocycles. The van der Waals surface area contributed by atoms with Crippen molar-refractivity contribution in [3.8, 4) is 11.4 Å². The molecule has 26 heavy (non-hydrogen) atoms. The predicted octanol–water partition coefficient (Wildman–Crippen LogP) is 4.91. The molecule has 2 heterocycles. The van der Waals surface area contributed by atoms with Gasteiger partial charge in [-0.1, -0.05) is 41.9 Å². The van der Waals surface area contributed by atoms with E-state index in [2.05, 4.69) is 45.8 Å². The second kappa shape index (κ2) is 7.21. The van der Waals surface area contributed by atoms with Crippen LogP contribution in [0, 0.1) is 6.92 Å². The van der Waals surface area contributed by atoms with Gasteiger partial charge in [0.15, 0.2) is 11.0 Å². The highest BCUT2D eigenvalue weighted by Crippen LogP contribution is 2.39. The molecule has 0 atom stereocenters. The highest BCUT2D eigenvalue weighted by molar-refractivity contribution is 7.99. The first kappa shape index (κ1) is 17.2. The van der Waals surface area contributed by atoms with Gasteiger partial charge in [0, 0.05) is 24.1 Å². The molecule has 1 aromatic carbocycles. The Hall–Kier alpha value is -2.18. The Balaban J connectivity index is 1.71. The zero-order chi connectivity index (χ0) is 18.1. The number of nitrogens with zero attached hydrogens (tertiary/aromatic N) is 5. The zero-order valence-corrected chi connectivity index (χ0v) is 16.0. The molecule has 4 rings (SSSR count). The smallest absolute Gasteiger partial charge is 0.198 e. The van der Waals surface area contributed by atoms with Crippen molar-refractivity contribution >= 4 is 23.4 Å². The molecular formula is C19H18ClN5S. The van der Waals surface area contributed by atoms with E-state index in [1.807, 2.05) is 22.8 Å². The summed E-state index contributed by atoms with van der Waals surface area (Å²) in [6.07, 6.45) is 4.11. The fourth-order valence-electron chi connectivity index (χ4n) is 2.76. The van der Waals surface area contributed by atoms with Crippen molar-refractivity contribution in [2.24, 2.45) is 0 Å². The first-order valence-electron chi connectivity index (χ1n) is 8.48. The lowest BCUT2D eigenvalue weighted by Gasteiger charge is -2.09. The van der Waals surface area contributed by atoms with Gasteiger partial charge < -0.3 is 0 Å². The first-order valence-corrected chi connectivity index (χ1v) is 9.67. The second-order valence-corrected chi connectivity index (χ2v) is 7.66. The van der Waals surface area contributed by atoms with Gasteiger partial charge in [-0.25, -0.2) is 9.97 Å². The van der Waals surface area contributed by atoms with Crippen LogP contribution in [0.4, 0.5) is 0 Å². The van der Waals surface area contributed by atoms with Gasteiger partial charge in [-0.15, -0.1) is 16.8 Å². The molecule has 0 bridgehead atoms. The second-order valence-electron chi connectivity index (χ2n) is 6.28. The van der Waals surface area contributed by atoms with Gasteiger partial charge in [0.2, 0.25) is 0 Å². The molecule has 7 heteroatoms. The number of benzene rings is 1. The molecular weight excluding hydrogens is 366 g/mol.